The number of methoxy groups -OCH3 is 2. The SMILES string of the molecule is COc1cc(OC)cc(C(=O)NCCS(=O)(=O)N(C)Cc2ccccc2)c1. The number of hydrogen-bond acceptors (Lipinski definition) is 5. The zero-order chi connectivity index (χ0) is 19.9. The summed E-state index contributed by atoms with van der Waals surface area (Å²) in [5.74, 6) is 0.376. The molecular formula is C19H24N2O5S. The molecule has 0 aromatic heterocycles. The highest BCUT2D eigenvalue weighted by Gasteiger charge is 2.18. The van der Waals surface area contributed by atoms with Gasteiger partial charge in [-0.05, 0) is 17.7 Å². The summed E-state index contributed by atoms with van der Waals surface area (Å²) in [5, 5.41) is 2.62. The zero-order valence-corrected chi connectivity index (χ0v) is 16.5. The first-order chi connectivity index (χ1) is 12.9. The van der Waals surface area contributed by atoms with Crippen molar-refractivity contribution in [3.8, 4) is 11.5 Å². The van der Waals surface area contributed by atoms with Crippen molar-refractivity contribution in [3.05, 3.63) is 59.7 Å². The number of amides is 1. The van der Waals surface area contributed by atoms with E-state index >= 15 is 0 Å². The van der Waals surface area contributed by atoms with Gasteiger partial charge < -0.3 is 14.8 Å². The van der Waals surface area contributed by atoms with Crippen LogP contribution in [0.3, 0.4) is 0 Å². The zero-order valence-electron chi connectivity index (χ0n) is 15.6. The summed E-state index contributed by atoms with van der Waals surface area (Å²) in [5.41, 5.74) is 1.23. The molecule has 8 heteroatoms. The van der Waals surface area contributed by atoms with Gasteiger partial charge in [0.2, 0.25) is 10.0 Å². The predicted octanol–water partition coefficient (Wildman–Crippen LogP) is 1.90. The molecule has 0 spiro atoms. The molecule has 0 atom stereocenters. The number of nitrogens with zero attached hydrogens (tertiary/aromatic N) is 1. The summed E-state index contributed by atoms with van der Waals surface area (Å²) >= 11 is 0. The van der Waals surface area contributed by atoms with Gasteiger partial charge in [-0.25, -0.2) is 12.7 Å². The summed E-state index contributed by atoms with van der Waals surface area (Å²) < 4.78 is 36.3. The highest BCUT2D eigenvalue weighted by atomic mass is 32.2. The Hall–Kier alpha value is -2.58. The van der Waals surface area contributed by atoms with Crippen molar-refractivity contribution >= 4 is 15.9 Å². The second-order valence-electron chi connectivity index (χ2n) is 5.91. The van der Waals surface area contributed by atoms with Crippen molar-refractivity contribution in [2.45, 2.75) is 6.54 Å². The first-order valence-electron chi connectivity index (χ1n) is 8.35. The summed E-state index contributed by atoms with van der Waals surface area (Å²) in [6.45, 7) is 0.282. The molecule has 0 saturated heterocycles. The first-order valence-corrected chi connectivity index (χ1v) is 9.96. The largest absolute Gasteiger partial charge is 0.497 e. The monoisotopic (exact) mass is 392 g/mol. The van der Waals surface area contributed by atoms with E-state index in [2.05, 4.69) is 5.32 Å². The first kappa shape index (κ1) is 20.7. The number of carbonyl (C=O) groups excluding carboxylic acids is 1. The van der Waals surface area contributed by atoms with E-state index in [9.17, 15) is 13.2 Å². The van der Waals surface area contributed by atoms with Gasteiger partial charge in [-0.3, -0.25) is 4.79 Å². The highest BCUT2D eigenvalue weighted by molar-refractivity contribution is 7.89. The van der Waals surface area contributed by atoms with E-state index in [-0.39, 0.29) is 18.8 Å². The van der Waals surface area contributed by atoms with Crippen LogP contribution in [0.2, 0.25) is 0 Å². The van der Waals surface area contributed by atoms with Crippen molar-refractivity contribution < 1.29 is 22.7 Å². The predicted molar refractivity (Wildman–Crippen MR) is 104 cm³/mol. The molecule has 0 bridgehead atoms. The number of rotatable bonds is 9. The van der Waals surface area contributed by atoms with Crippen LogP contribution in [0.25, 0.3) is 0 Å². The van der Waals surface area contributed by atoms with E-state index in [0.29, 0.717) is 17.1 Å². The van der Waals surface area contributed by atoms with Crippen LogP contribution in [0, 0.1) is 0 Å². The van der Waals surface area contributed by atoms with E-state index in [0.717, 1.165) is 5.56 Å². The lowest BCUT2D eigenvalue weighted by molar-refractivity contribution is 0.0955. The Morgan fingerprint density at radius 3 is 2.19 bits per heavy atom. The molecule has 0 aliphatic rings. The molecule has 146 valence electrons. The van der Waals surface area contributed by atoms with Gasteiger partial charge in [0.25, 0.3) is 5.91 Å². The molecule has 0 saturated carbocycles. The van der Waals surface area contributed by atoms with Gasteiger partial charge in [-0.1, -0.05) is 30.3 Å². The minimum absolute atomic E-state index is 0.000177. The maximum Gasteiger partial charge on any atom is 0.251 e. The standard InChI is InChI=1S/C19H24N2O5S/c1-21(14-15-7-5-4-6-8-15)27(23,24)10-9-20-19(22)16-11-17(25-2)13-18(12-16)26-3/h4-8,11-13H,9-10,14H2,1-3H3,(H,20,22). The number of carbonyl (C=O) groups is 1. The van der Waals surface area contributed by atoms with Crippen molar-refractivity contribution in [2.24, 2.45) is 0 Å². The van der Waals surface area contributed by atoms with Crippen LogP contribution in [0.5, 0.6) is 11.5 Å². The van der Waals surface area contributed by atoms with Crippen LogP contribution >= 0.6 is 0 Å². The lowest BCUT2D eigenvalue weighted by Gasteiger charge is -2.17. The van der Waals surface area contributed by atoms with Crippen molar-refractivity contribution in [2.75, 3.05) is 33.6 Å². The Morgan fingerprint density at radius 1 is 1.04 bits per heavy atom. The molecule has 0 aliphatic heterocycles. The lowest BCUT2D eigenvalue weighted by Crippen LogP contribution is -2.35. The van der Waals surface area contributed by atoms with E-state index in [1.807, 2.05) is 30.3 Å². The van der Waals surface area contributed by atoms with Gasteiger partial charge in [-0.2, -0.15) is 0 Å². The van der Waals surface area contributed by atoms with Crippen LogP contribution in [-0.2, 0) is 16.6 Å². The van der Waals surface area contributed by atoms with Gasteiger partial charge in [0, 0.05) is 31.8 Å². The van der Waals surface area contributed by atoms with E-state index in [1.165, 1.54) is 25.6 Å². The van der Waals surface area contributed by atoms with Crippen LogP contribution < -0.4 is 14.8 Å². The fourth-order valence-electron chi connectivity index (χ4n) is 2.43. The highest BCUT2D eigenvalue weighted by Crippen LogP contribution is 2.22. The number of nitrogens with one attached hydrogen (secondary N) is 1. The fraction of sp³-hybridized carbons (Fsp3) is 0.316. The number of hydrogen-bond donors (Lipinski definition) is 1. The number of ether oxygens (including phenoxy) is 2. The summed E-state index contributed by atoms with van der Waals surface area (Å²) in [6, 6.07) is 14.1. The van der Waals surface area contributed by atoms with Crippen LogP contribution in [0.15, 0.2) is 48.5 Å². The number of sulfonamides is 1. The van der Waals surface area contributed by atoms with Crippen LogP contribution in [0.1, 0.15) is 15.9 Å². The molecule has 0 fully saturated rings. The maximum atomic E-state index is 12.4. The van der Waals surface area contributed by atoms with Crippen molar-refractivity contribution in [3.63, 3.8) is 0 Å². The molecule has 7 nitrogen and oxygen atoms in total. The smallest absolute Gasteiger partial charge is 0.251 e. The molecule has 1 amide bonds. The van der Waals surface area contributed by atoms with Gasteiger partial charge in [0.15, 0.2) is 0 Å². The fourth-order valence-corrected chi connectivity index (χ4v) is 3.45. The average molecular weight is 392 g/mol. The van der Waals surface area contributed by atoms with E-state index < -0.39 is 15.9 Å². The van der Waals surface area contributed by atoms with E-state index in [4.69, 9.17) is 9.47 Å². The molecule has 2 rings (SSSR count). The minimum Gasteiger partial charge on any atom is -0.497 e. The summed E-state index contributed by atoms with van der Waals surface area (Å²) in [6.07, 6.45) is 0. The Bertz CT molecular complexity index is 847. The van der Waals surface area contributed by atoms with Gasteiger partial charge in [0.1, 0.15) is 11.5 Å². The summed E-state index contributed by atoms with van der Waals surface area (Å²) in [7, 11) is 1.02. The van der Waals surface area contributed by atoms with Crippen LogP contribution in [0.4, 0.5) is 0 Å². The van der Waals surface area contributed by atoms with Gasteiger partial charge >= 0.3 is 0 Å². The molecule has 0 unspecified atom stereocenters. The van der Waals surface area contributed by atoms with Crippen molar-refractivity contribution in [1.82, 2.24) is 9.62 Å². The third kappa shape index (κ3) is 5.97. The second kappa shape index (κ2) is 9.38. The average Bonchev–Trinajstić information content (AvgIpc) is 2.68. The van der Waals surface area contributed by atoms with Crippen molar-refractivity contribution in [1.29, 1.82) is 0 Å². The topological polar surface area (TPSA) is 84.9 Å². The molecule has 2 aromatic carbocycles. The number of benzene rings is 2. The molecule has 27 heavy (non-hydrogen) atoms. The van der Waals surface area contributed by atoms with Crippen LogP contribution in [-0.4, -0.2) is 52.2 Å². The van der Waals surface area contributed by atoms with E-state index in [1.54, 1.807) is 18.2 Å². The normalized spacial score (nSPS) is 11.3. The Balaban J connectivity index is 1.93. The minimum atomic E-state index is -3.49. The summed E-state index contributed by atoms with van der Waals surface area (Å²) in [4.78, 5) is 12.3. The molecular weight excluding hydrogens is 368 g/mol. The molecule has 0 radical (unpaired) electrons. The van der Waals surface area contributed by atoms with Gasteiger partial charge in [0.05, 0.1) is 20.0 Å². The lowest BCUT2D eigenvalue weighted by atomic mass is 10.2. The molecule has 0 aliphatic carbocycles. The third-order valence-electron chi connectivity index (χ3n) is 3.98. The third-order valence-corrected chi connectivity index (χ3v) is 5.78. The maximum absolute atomic E-state index is 12.4. The molecule has 1 N–H and O–H groups in total. The second-order valence-corrected chi connectivity index (χ2v) is 8.11. The Kier molecular flexibility index (Phi) is 7.20. The quantitative estimate of drug-likeness (QED) is 0.705. The molecule has 0 heterocycles. The van der Waals surface area contributed by atoms with Gasteiger partial charge in [-0.15, -0.1) is 0 Å². The Morgan fingerprint density at radius 2 is 1.63 bits per heavy atom. The molecule has 2 aromatic rings. The Labute approximate surface area is 160 Å².